The third kappa shape index (κ3) is 2.21. The molecule has 1 aliphatic rings. The van der Waals surface area contributed by atoms with Gasteiger partial charge in [-0.1, -0.05) is 48.5 Å². The van der Waals surface area contributed by atoms with Crippen LogP contribution >= 0.6 is 0 Å². The zero-order valence-electron chi connectivity index (χ0n) is 15.1. The van der Waals surface area contributed by atoms with Gasteiger partial charge in [0.25, 0.3) is 0 Å². The first-order chi connectivity index (χ1) is 14.2. The quantitative estimate of drug-likeness (QED) is 0.457. The van der Waals surface area contributed by atoms with Crippen LogP contribution in [0, 0.1) is 0 Å². The largest absolute Gasteiger partial charge is 0.337 e. The molecule has 0 unspecified atom stereocenters. The summed E-state index contributed by atoms with van der Waals surface area (Å²) in [6.07, 6.45) is 0. The number of imidazole rings is 1. The van der Waals surface area contributed by atoms with Gasteiger partial charge in [-0.15, -0.1) is 0 Å². The number of nitrogens with zero attached hydrogens (tertiary/aromatic N) is 2. The van der Waals surface area contributed by atoms with Crippen molar-refractivity contribution in [3.63, 3.8) is 0 Å². The van der Waals surface area contributed by atoms with Crippen molar-refractivity contribution in [1.82, 2.24) is 15.0 Å². The van der Waals surface area contributed by atoms with E-state index in [4.69, 9.17) is 0 Å². The van der Waals surface area contributed by atoms with E-state index in [1.54, 1.807) is 36.4 Å². The fourth-order valence-electron chi connectivity index (χ4n) is 3.97. The van der Waals surface area contributed by atoms with Gasteiger partial charge in [-0.25, -0.2) is 9.97 Å². The normalized spacial score (nSPS) is 13.0. The molecule has 5 heteroatoms. The molecule has 3 aromatic carbocycles. The van der Waals surface area contributed by atoms with Crippen molar-refractivity contribution >= 4 is 33.5 Å². The fraction of sp³-hybridized carbons (Fsp3) is 0. The molecule has 0 saturated carbocycles. The third-order valence-electron chi connectivity index (χ3n) is 5.38. The summed E-state index contributed by atoms with van der Waals surface area (Å²) >= 11 is 0. The highest BCUT2D eigenvalue weighted by Gasteiger charge is 2.32. The Labute approximate surface area is 165 Å². The maximum Gasteiger partial charge on any atom is 0.196 e. The molecule has 5 aromatic rings. The minimum atomic E-state index is -0.176. The molecule has 6 rings (SSSR count). The number of hydrogen-bond donors (Lipinski definition) is 1. The number of benzene rings is 3. The van der Waals surface area contributed by atoms with E-state index in [2.05, 4.69) is 15.0 Å². The molecule has 1 N–H and O–H groups in total. The van der Waals surface area contributed by atoms with Gasteiger partial charge in [0.15, 0.2) is 17.4 Å². The first kappa shape index (κ1) is 15.9. The van der Waals surface area contributed by atoms with Gasteiger partial charge in [-0.2, -0.15) is 0 Å². The lowest BCUT2D eigenvalue weighted by atomic mass is 9.83. The minimum absolute atomic E-state index is 0.148. The average molecular weight is 375 g/mol. The molecule has 0 saturated heterocycles. The maximum absolute atomic E-state index is 13.2. The van der Waals surface area contributed by atoms with Gasteiger partial charge in [0.2, 0.25) is 0 Å². The molecule has 29 heavy (non-hydrogen) atoms. The number of nitrogens with one attached hydrogen (secondary N) is 1. The lowest BCUT2D eigenvalue weighted by Gasteiger charge is -2.17. The number of aromatic nitrogens is 3. The van der Waals surface area contributed by atoms with Gasteiger partial charge >= 0.3 is 0 Å². The first-order valence-electron chi connectivity index (χ1n) is 9.28. The lowest BCUT2D eigenvalue weighted by molar-refractivity contribution is 0.0980. The lowest BCUT2D eigenvalue weighted by Crippen LogP contribution is -2.21. The Morgan fingerprint density at radius 3 is 2.28 bits per heavy atom. The Bertz CT molecular complexity index is 1500. The smallest absolute Gasteiger partial charge is 0.196 e. The van der Waals surface area contributed by atoms with Crippen molar-refractivity contribution in [2.75, 3.05) is 0 Å². The number of pyridine rings is 1. The van der Waals surface area contributed by atoms with E-state index in [1.807, 2.05) is 36.4 Å². The van der Waals surface area contributed by atoms with E-state index < -0.39 is 0 Å². The summed E-state index contributed by atoms with van der Waals surface area (Å²) < 4.78 is 0. The molecular formula is C24H13N3O2. The zero-order chi connectivity index (χ0) is 19.5. The number of H-pyrrole nitrogens is 1. The maximum atomic E-state index is 13.2. The number of rotatable bonds is 1. The Balaban J connectivity index is 1.58. The highest BCUT2D eigenvalue weighted by molar-refractivity contribution is 6.31. The van der Waals surface area contributed by atoms with Crippen molar-refractivity contribution in [2.45, 2.75) is 0 Å². The highest BCUT2D eigenvalue weighted by Crippen LogP contribution is 2.33. The predicted molar refractivity (Wildman–Crippen MR) is 110 cm³/mol. The molecular weight excluding hydrogens is 362 g/mol. The van der Waals surface area contributed by atoms with Crippen LogP contribution in [0.3, 0.4) is 0 Å². The fourth-order valence-corrected chi connectivity index (χ4v) is 3.97. The summed E-state index contributed by atoms with van der Waals surface area (Å²) in [5.41, 5.74) is 4.37. The molecule has 0 atom stereocenters. The van der Waals surface area contributed by atoms with Gasteiger partial charge in [0.1, 0.15) is 11.2 Å². The molecule has 136 valence electrons. The summed E-state index contributed by atoms with van der Waals surface area (Å²) in [6.45, 7) is 0. The zero-order valence-corrected chi connectivity index (χ0v) is 15.1. The predicted octanol–water partition coefficient (Wildman–Crippen LogP) is 4.55. The van der Waals surface area contributed by atoms with Crippen LogP contribution in [0.2, 0.25) is 0 Å². The Kier molecular flexibility index (Phi) is 3.12. The van der Waals surface area contributed by atoms with E-state index >= 15 is 0 Å². The van der Waals surface area contributed by atoms with Crippen molar-refractivity contribution in [1.29, 1.82) is 0 Å². The van der Waals surface area contributed by atoms with E-state index in [0.717, 1.165) is 10.9 Å². The van der Waals surface area contributed by atoms with Crippen LogP contribution in [-0.2, 0) is 0 Å². The average Bonchev–Trinajstić information content (AvgIpc) is 3.21. The van der Waals surface area contributed by atoms with Crippen LogP contribution in [0.15, 0.2) is 72.8 Å². The van der Waals surface area contributed by atoms with Crippen LogP contribution in [-0.4, -0.2) is 26.5 Å². The topological polar surface area (TPSA) is 75.7 Å². The van der Waals surface area contributed by atoms with Crippen molar-refractivity contribution in [3.05, 3.63) is 95.1 Å². The summed E-state index contributed by atoms with van der Waals surface area (Å²) in [4.78, 5) is 38.7. The third-order valence-corrected chi connectivity index (χ3v) is 5.38. The molecule has 0 spiro atoms. The number of carbonyl (C=O) groups is 2. The van der Waals surface area contributed by atoms with E-state index in [-0.39, 0.29) is 11.6 Å². The number of carbonyl (C=O) groups excluding carboxylic acids is 2. The van der Waals surface area contributed by atoms with Gasteiger partial charge in [0.05, 0.1) is 16.6 Å². The molecule has 0 fully saturated rings. The van der Waals surface area contributed by atoms with Gasteiger partial charge in [-0.05, 0) is 24.3 Å². The highest BCUT2D eigenvalue weighted by atomic mass is 16.1. The van der Waals surface area contributed by atoms with Gasteiger partial charge in [-0.3, -0.25) is 9.59 Å². The number of hydrogen-bond acceptors (Lipinski definition) is 4. The Hall–Kier alpha value is -4.12. The second kappa shape index (κ2) is 5.69. The minimum Gasteiger partial charge on any atom is -0.337 e. The van der Waals surface area contributed by atoms with Crippen LogP contribution < -0.4 is 0 Å². The second-order valence-electron chi connectivity index (χ2n) is 7.06. The van der Waals surface area contributed by atoms with E-state index in [1.165, 1.54) is 0 Å². The standard InChI is InChI=1S/C24H13N3O2/c28-22-14-6-2-3-7-15(14)23(29)20-16(22)10-12-18-21(20)27-24(26-18)19-11-9-13-5-1-4-8-17(13)25-19/h1-12H,(H,26,27). The SMILES string of the molecule is O=C1c2ccccc2C(=O)c2c1ccc1[nH]c(-c3ccc4ccccc4n3)nc21. The summed E-state index contributed by atoms with van der Waals surface area (Å²) in [5, 5.41) is 1.04. The number of ketones is 2. The molecule has 0 bridgehead atoms. The molecule has 2 heterocycles. The summed E-state index contributed by atoms with van der Waals surface area (Å²) in [6, 6.07) is 22.2. The monoisotopic (exact) mass is 375 g/mol. The van der Waals surface area contributed by atoms with Crippen LogP contribution in [0.4, 0.5) is 0 Å². The summed E-state index contributed by atoms with van der Waals surface area (Å²) in [5.74, 6) is 0.245. The van der Waals surface area contributed by atoms with E-state index in [0.29, 0.717) is 44.8 Å². The molecule has 0 radical (unpaired) electrons. The van der Waals surface area contributed by atoms with Crippen LogP contribution in [0.1, 0.15) is 31.8 Å². The Morgan fingerprint density at radius 1 is 0.655 bits per heavy atom. The van der Waals surface area contributed by atoms with Crippen LogP contribution in [0.25, 0.3) is 33.5 Å². The molecule has 5 nitrogen and oxygen atoms in total. The van der Waals surface area contributed by atoms with E-state index in [9.17, 15) is 9.59 Å². The van der Waals surface area contributed by atoms with Gasteiger partial charge < -0.3 is 4.98 Å². The molecule has 0 amide bonds. The Morgan fingerprint density at radius 2 is 1.41 bits per heavy atom. The molecule has 2 aromatic heterocycles. The molecule has 0 aliphatic heterocycles. The number of fused-ring (bicyclic) bond motifs is 5. The summed E-state index contributed by atoms with van der Waals surface area (Å²) in [7, 11) is 0. The number of aromatic amines is 1. The van der Waals surface area contributed by atoms with Crippen LogP contribution in [0.5, 0.6) is 0 Å². The first-order valence-corrected chi connectivity index (χ1v) is 9.28. The molecule has 1 aliphatic carbocycles. The second-order valence-corrected chi connectivity index (χ2v) is 7.06. The number of para-hydroxylation sites is 1. The van der Waals surface area contributed by atoms with Gasteiger partial charge in [0, 0.05) is 22.1 Å². The van der Waals surface area contributed by atoms with Crippen molar-refractivity contribution in [3.8, 4) is 11.5 Å². The van der Waals surface area contributed by atoms with Crippen molar-refractivity contribution < 1.29 is 9.59 Å². The van der Waals surface area contributed by atoms with Crippen molar-refractivity contribution in [2.24, 2.45) is 0 Å².